The lowest BCUT2D eigenvalue weighted by molar-refractivity contribution is 0.0781. The van der Waals surface area contributed by atoms with E-state index in [1.54, 1.807) is 22.9 Å². The molecule has 5 aromatic rings. The van der Waals surface area contributed by atoms with Gasteiger partial charge in [-0.05, 0) is 60.2 Å². The lowest BCUT2D eigenvalue weighted by atomic mass is 10.1. The molecule has 0 radical (unpaired) electrons. The van der Waals surface area contributed by atoms with Crippen molar-refractivity contribution < 1.29 is 4.79 Å². The highest BCUT2D eigenvalue weighted by atomic mass is 32.2. The summed E-state index contributed by atoms with van der Waals surface area (Å²) in [5.41, 5.74) is 10.0. The number of carbonyl (C=O) groups excluding carboxylic acids is 1. The van der Waals surface area contributed by atoms with Crippen LogP contribution in [0.2, 0.25) is 0 Å². The maximum Gasteiger partial charge on any atom is 0.255 e. The van der Waals surface area contributed by atoms with Crippen LogP contribution in [0.5, 0.6) is 0 Å². The van der Waals surface area contributed by atoms with Crippen LogP contribution < -0.4 is 5.73 Å². The summed E-state index contributed by atoms with van der Waals surface area (Å²) in [7, 11) is 1.82. The number of fused-ring (bicyclic) bond motifs is 1. The average molecular weight is 492 g/mol. The van der Waals surface area contributed by atoms with Crippen molar-refractivity contribution >= 4 is 46.5 Å². The molecule has 178 valence electrons. The number of rotatable bonds is 7. The molecule has 0 unspecified atom stereocenters. The van der Waals surface area contributed by atoms with Gasteiger partial charge in [0.2, 0.25) is 0 Å². The first-order valence-corrected chi connectivity index (χ1v) is 12.3. The highest BCUT2D eigenvalue weighted by molar-refractivity contribution is 7.99. The molecule has 5 rings (SSSR count). The lowest BCUT2D eigenvalue weighted by Gasteiger charge is -2.19. The third-order valence-electron chi connectivity index (χ3n) is 5.74. The van der Waals surface area contributed by atoms with Crippen molar-refractivity contribution in [2.75, 3.05) is 12.8 Å². The number of benzene rings is 3. The zero-order chi connectivity index (χ0) is 24.9. The van der Waals surface area contributed by atoms with Crippen molar-refractivity contribution in [3.8, 4) is 0 Å². The number of pyridine rings is 1. The largest absolute Gasteiger partial charge is 0.399 e. The van der Waals surface area contributed by atoms with E-state index in [-0.39, 0.29) is 5.91 Å². The Labute approximate surface area is 214 Å². The Hall–Kier alpha value is -4.36. The van der Waals surface area contributed by atoms with Gasteiger partial charge in [-0.25, -0.2) is 4.68 Å². The van der Waals surface area contributed by atoms with E-state index in [1.807, 2.05) is 103 Å². The van der Waals surface area contributed by atoms with Crippen LogP contribution in [0.4, 0.5) is 5.69 Å². The molecule has 0 saturated carbocycles. The van der Waals surface area contributed by atoms with Crippen molar-refractivity contribution in [3.05, 3.63) is 114 Å². The van der Waals surface area contributed by atoms with Crippen molar-refractivity contribution in [3.63, 3.8) is 0 Å². The van der Waals surface area contributed by atoms with Crippen LogP contribution in [0, 0.1) is 0 Å². The summed E-state index contributed by atoms with van der Waals surface area (Å²) >= 11 is 1.57. The second-order valence-electron chi connectivity index (χ2n) is 8.38. The highest BCUT2D eigenvalue weighted by Crippen LogP contribution is 2.33. The summed E-state index contributed by atoms with van der Waals surface area (Å²) < 4.78 is 1.84. The predicted molar refractivity (Wildman–Crippen MR) is 146 cm³/mol. The standard InChI is InChI=1S/C29H25N5OS/c1-33(20-21-9-12-23(30)13-10-21)29(35)26-7-2-3-8-28(26)36-25-14-11-22-19-32-34(27(22)18-25)17-15-24-6-4-5-16-31-24/h2-19H,20,30H2,1H3. The van der Waals surface area contributed by atoms with Gasteiger partial charge in [0.15, 0.2) is 0 Å². The first-order valence-electron chi connectivity index (χ1n) is 11.5. The van der Waals surface area contributed by atoms with Gasteiger partial charge in [-0.15, -0.1) is 0 Å². The number of hydrogen-bond acceptors (Lipinski definition) is 5. The Morgan fingerprint density at radius 3 is 2.64 bits per heavy atom. The van der Waals surface area contributed by atoms with Crippen molar-refractivity contribution in [1.29, 1.82) is 0 Å². The van der Waals surface area contributed by atoms with Crippen LogP contribution >= 0.6 is 11.8 Å². The molecular formula is C29H25N5OS. The van der Waals surface area contributed by atoms with E-state index in [2.05, 4.69) is 22.2 Å². The Balaban J connectivity index is 1.37. The molecule has 0 aliphatic carbocycles. The second kappa shape index (κ2) is 10.5. The molecule has 7 heteroatoms. The van der Waals surface area contributed by atoms with Gasteiger partial charge in [0, 0.05) is 46.9 Å². The second-order valence-corrected chi connectivity index (χ2v) is 9.50. The van der Waals surface area contributed by atoms with Gasteiger partial charge in [0.25, 0.3) is 5.91 Å². The number of nitrogens with two attached hydrogens (primary N) is 1. The molecule has 0 aliphatic heterocycles. The van der Waals surface area contributed by atoms with Crippen molar-refractivity contribution in [2.45, 2.75) is 16.3 Å². The molecule has 2 aromatic heterocycles. The molecule has 0 atom stereocenters. The fourth-order valence-corrected chi connectivity index (χ4v) is 4.83. The van der Waals surface area contributed by atoms with E-state index in [4.69, 9.17) is 5.73 Å². The SMILES string of the molecule is CN(Cc1ccc(N)cc1)C(=O)c1ccccc1Sc1ccc2cnn(C=Cc3ccccn3)c2c1. The summed E-state index contributed by atoms with van der Waals surface area (Å²) in [6.45, 7) is 0.506. The third-order valence-corrected chi connectivity index (χ3v) is 6.80. The maximum absolute atomic E-state index is 13.3. The van der Waals surface area contributed by atoms with Gasteiger partial charge in [0.1, 0.15) is 0 Å². The zero-order valence-corrected chi connectivity index (χ0v) is 20.6. The quantitative estimate of drug-likeness (QED) is 0.280. The van der Waals surface area contributed by atoms with Crippen LogP contribution in [0.1, 0.15) is 21.6 Å². The molecule has 2 heterocycles. The van der Waals surface area contributed by atoms with Crippen LogP contribution in [0.3, 0.4) is 0 Å². The van der Waals surface area contributed by atoms with E-state index in [1.165, 1.54) is 0 Å². The summed E-state index contributed by atoms with van der Waals surface area (Å²) in [5.74, 6) is -0.0284. The molecule has 0 saturated heterocycles. The Kier molecular flexibility index (Phi) is 6.82. The molecule has 0 bridgehead atoms. The van der Waals surface area contributed by atoms with E-state index in [0.717, 1.165) is 32.0 Å². The van der Waals surface area contributed by atoms with Crippen LogP contribution in [0.15, 0.2) is 107 Å². The molecule has 0 aliphatic rings. The number of aromatic nitrogens is 3. The Morgan fingerprint density at radius 2 is 1.83 bits per heavy atom. The smallest absolute Gasteiger partial charge is 0.255 e. The van der Waals surface area contributed by atoms with Gasteiger partial charge >= 0.3 is 0 Å². The van der Waals surface area contributed by atoms with Gasteiger partial charge in [-0.2, -0.15) is 5.10 Å². The molecule has 1 amide bonds. The first kappa shape index (κ1) is 23.4. The minimum absolute atomic E-state index is 0.0284. The van der Waals surface area contributed by atoms with Crippen LogP contribution in [0.25, 0.3) is 23.2 Å². The number of anilines is 1. The molecule has 3 aromatic carbocycles. The highest BCUT2D eigenvalue weighted by Gasteiger charge is 2.17. The maximum atomic E-state index is 13.3. The molecule has 6 nitrogen and oxygen atoms in total. The van der Waals surface area contributed by atoms with E-state index < -0.39 is 0 Å². The van der Waals surface area contributed by atoms with E-state index in [9.17, 15) is 4.79 Å². The molecular weight excluding hydrogens is 466 g/mol. The number of hydrogen-bond donors (Lipinski definition) is 1. The van der Waals surface area contributed by atoms with Gasteiger partial charge in [0.05, 0.1) is 23.0 Å². The van der Waals surface area contributed by atoms with Gasteiger partial charge < -0.3 is 10.6 Å². The molecule has 0 spiro atoms. The summed E-state index contributed by atoms with van der Waals surface area (Å²) in [6.07, 6.45) is 7.44. The number of carbonyl (C=O) groups is 1. The average Bonchev–Trinajstić information content (AvgIpc) is 3.31. The Morgan fingerprint density at radius 1 is 1.03 bits per heavy atom. The number of nitrogen functional groups attached to an aromatic ring is 1. The van der Waals surface area contributed by atoms with E-state index in [0.29, 0.717) is 17.8 Å². The molecule has 2 N–H and O–H groups in total. The predicted octanol–water partition coefficient (Wildman–Crippen LogP) is 6.06. The summed E-state index contributed by atoms with van der Waals surface area (Å²) in [6, 6.07) is 27.3. The minimum Gasteiger partial charge on any atom is -0.399 e. The Bertz CT molecular complexity index is 1530. The van der Waals surface area contributed by atoms with Crippen molar-refractivity contribution in [1.82, 2.24) is 19.7 Å². The fourth-order valence-electron chi connectivity index (χ4n) is 3.86. The third kappa shape index (κ3) is 5.31. The normalized spacial score (nSPS) is 11.2. The van der Waals surface area contributed by atoms with Crippen molar-refractivity contribution in [2.24, 2.45) is 0 Å². The lowest BCUT2D eigenvalue weighted by Crippen LogP contribution is -2.26. The summed E-state index contributed by atoms with van der Waals surface area (Å²) in [5, 5.41) is 5.54. The monoisotopic (exact) mass is 491 g/mol. The molecule has 0 fully saturated rings. The van der Waals surface area contributed by atoms with Gasteiger partial charge in [-0.1, -0.05) is 48.2 Å². The topological polar surface area (TPSA) is 77.0 Å². The number of amides is 1. The number of nitrogens with zero attached hydrogens (tertiary/aromatic N) is 4. The van der Waals surface area contributed by atoms with Crippen LogP contribution in [-0.2, 0) is 6.54 Å². The zero-order valence-electron chi connectivity index (χ0n) is 19.8. The van der Waals surface area contributed by atoms with Gasteiger partial charge in [-0.3, -0.25) is 9.78 Å². The fraction of sp³-hybridized carbons (Fsp3) is 0.0690. The van der Waals surface area contributed by atoms with E-state index >= 15 is 0 Å². The molecule has 36 heavy (non-hydrogen) atoms. The first-order chi connectivity index (χ1) is 17.6. The summed E-state index contributed by atoms with van der Waals surface area (Å²) in [4.78, 5) is 21.3. The minimum atomic E-state index is -0.0284. The van der Waals surface area contributed by atoms with Crippen LogP contribution in [-0.4, -0.2) is 32.6 Å².